The van der Waals surface area contributed by atoms with Gasteiger partial charge in [0.1, 0.15) is 6.04 Å². The van der Waals surface area contributed by atoms with Crippen LogP contribution < -0.4 is 20.1 Å². The van der Waals surface area contributed by atoms with Gasteiger partial charge in [-0.2, -0.15) is 0 Å². The van der Waals surface area contributed by atoms with Gasteiger partial charge in [-0.15, -0.1) is 0 Å². The van der Waals surface area contributed by atoms with Crippen molar-refractivity contribution in [3.05, 3.63) is 22.7 Å². The molecule has 0 radical (unpaired) electrons. The van der Waals surface area contributed by atoms with E-state index in [-0.39, 0.29) is 11.4 Å². The lowest BCUT2D eigenvalue weighted by Crippen LogP contribution is -2.50. The first kappa shape index (κ1) is 18.4. The molecule has 0 bridgehead atoms. The topological polar surface area (TPSA) is 76.7 Å². The minimum atomic E-state index is -0.675. The number of hydrogen-bond donors (Lipinski definition) is 2. The van der Waals surface area contributed by atoms with E-state index in [1.807, 2.05) is 20.8 Å². The van der Waals surface area contributed by atoms with Crippen molar-refractivity contribution in [2.45, 2.75) is 45.7 Å². The van der Waals surface area contributed by atoms with Gasteiger partial charge in [0.05, 0.1) is 18.2 Å². The van der Waals surface area contributed by atoms with E-state index in [9.17, 15) is 9.59 Å². The highest BCUT2D eigenvalue weighted by atomic mass is 35.5. The Balaban J connectivity index is 2.11. The number of halogens is 1. The maximum atomic E-state index is 12.4. The summed E-state index contributed by atoms with van der Waals surface area (Å²) in [6.07, 6.45) is 0.747. The number of rotatable bonds is 3. The van der Waals surface area contributed by atoms with Crippen LogP contribution in [-0.4, -0.2) is 36.6 Å². The van der Waals surface area contributed by atoms with E-state index in [0.717, 1.165) is 6.42 Å². The van der Waals surface area contributed by atoms with Crippen LogP contribution in [0.2, 0.25) is 5.02 Å². The van der Waals surface area contributed by atoms with Crippen molar-refractivity contribution in [1.29, 1.82) is 0 Å². The fourth-order valence-corrected chi connectivity index (χ4v) is 2.45. The molecule has 132 valence electrons. The van der Waals surface area contributed by atoms with Crippen molar-refractivity contribution < 1.29 is 19.1 Å². The van der Waals surface area contributed by atoms with E-state index in [1.54, 1.807) is 13.0 Å². The number of benzene rings is 1. The molecule has 1 aliphatic rings. The molecule has 2 amide bonds. The Bertz CT molecular complexity index is 640. The van der Waals surface area contributed by atoms with Gasteiger partial charge in [-0.05, 0) is 39.8 Å². The van der Waals surface area contributed by atoms with Crippen molar-refractivity contribution >= 4 is 23.4 Å². The molecule has 0 fully saturated rings. The third-order valence-electron chi connectivity index (χ3n) is 3.30. The van der Waals surface area contributed by atoms with E-state index >= 15 is 0 Å². The second-order valence-electron chi connectivity index (χ2n) is 6.77. The van der Waals surface area contributed by atoms with Crippen LogP contribution in [0, 0.1) is 0 Å². The summed E-state index contributed by atoms with van der Waals surface area (Å²) in [7, 11) is 0. The second kappa shape index (κ2) is 7.30. The molecule has 0 aromatic heterocycles. The Morgan fingerprint density at radius 1 is 1.21 bits per heavy atom. The van der Waals surface area contributed by atoms with Crippen LogP contribution in [0.4, 0.5) is 0 Å². The van der Waals surface area contributed by atoms with Gasteiger partial charge in [-0.1, -0.05) is 11.6 Å². The first-order valence-corrected chi connectivity index (χ1v) is 8.27. The molecule has 1 atom stereocenters. The summed E-state index contributed by atoms with van der Waals surface area (Å²) >= 11 is 6.19. The number of carbonyl (C=O) groups is 2. The summed E-state index contributed by atoms with van der Waals surface area (Å²) in [4.78, 5) is 24.5. The van der Waals surface area contributed by atoms with Crippen molar-refractivity contribution in [3.63, 3.8) is 0 Å². The normalized spacial score (nSPS) is 15.2. The predicted molar refractivity (Wildman–Crippen MR) is 91.9 cm³/mol. The standard InChI is InChI=1S/C17H23ClN2O4/c1-10(15(21)20-17(2,3)4)19-16(22)11-8-12(18)14-13(9-11)23-6-5-7-24-14/h8-10H,5-7H2,1-4H3,(H,19,22)(H,20,21)/t10-/m1/s1. The van der Waals surface area contributed by atoms with Crippen molar-refractivity contribution in [2.75, 3.05) is 13.2 Å². The molecule has 1 aliphatic heterocycles. The molecule has 2 rings (SSSR count). The maximum absolute atomic E-state index is 12.4. The zero-order chi connectivity index (χ0) is 17.9. The van der Waals surface area contributed by atoms with Crippen LogP contribution in [0.1, 0.15) is 44.5 Å². The van der Waals surface area contributed by atoms with Crippen LogP contribution in [0.25, 0.3) is 0 Å². The quantitative estimate of drug-likeness (QED) is 0.874. The third-order valence-corrected chi connectivity index (χ3v) is 3.58. The fraction of sp³-hybridized carbons (Fsp3) is 0.529. The summed E-state index contributed by atoms with van der Waals surface area (Å²) in [5.41, 5.74) is -0.0473. The predicted octanol–water partition coefficient (Wildman–Crippen LogP) is 2.53. The SMILES string of the molecule is C[C@@H](NC(=O)c1cc(Cl)c2c(c1)OCCCO2)C(=O)NC(C)(C)C. The molecule has 1 aromatic carbocycles. The van der Waals surface area contributed by atoms with Gasteiger partial charge in [0.25, 0.3) is 5.91 Å². The van der Waals surface area contributed by atoms with Crippen molar-refractivity contribution in [1.82, 2.24) is 10.6 Å². The van der Waals surface area contributed by atoms with Gasteiger partial charge < -0.3 is 20.1 Å². The molecule has 0 saturated heterocycles. The highest BCUT2D eigenvalue weighted by molar-refractivity contribution is 6.32. The highest BCUT2D eigenvalue weighted by Gasteiger charge is 2.23. The number of fused-ring (bicyclic) bond motifs is 1. The molecule has 1 heterocycles. The average molecular weight is 355 g/mol. The third kappa shape index (κ3) is 4.77. The average Bonchev–Trinajstić information content (AvgIpc) is 2.70. The molecular weight excluding hydrogens is 332 g/mol. The van der Waals surface area contributed by atoms with Gasteiger partial charge in [-0.25, -0.2) is 0 Å². The van der Waals surface area contributed by atoms with Crippen LogP contribution >= 0.6 is 11.6 Å². The number of amides is 2. The van der Waals surface area contributed by atoms with Gasteiger partial charge in [0.2, 0.25) is 5.91 Å². The van der Waals surface area contributed by atoms with Gasteiger partial charge in [0.15, 0.2) is 11.5 Å². The molecule has 1 aromatic rings. The smallest absolute Gasteiger partial charge is 0.252 e. The molecule has 2 N–H and O–H groups in total. The Hall–Kier alpha value is -1.95. The summed E-state index contributed by atoms with van der Waals surface area (Å²) in [6, 6.07) is 2.42. The number of carbonyl (C=O) groups excluding carboxylic acids is 2. The lowest BCUT2D eigenvalue weighted by Gasteiger charge is -2.23. The summed E-state index contributed by atoms with van der Waals surface area (Å²) in [6.45, 7) is 8.28. The van der Waals surface area contributed by atoms with E-state index < -0.39 is 11.9 Å². The van der Waals surface area contributed by atoms with E-state index in [2.05, 4.69) is 10.6 Å². The molecule has 6 nitrogen and oxygen atoms in total. The van der Waals surface area contributed by atoms with Crippen molar-refractivity contribution in [2.24, 2.45) is 0 Å². The van der Waals surface area contributed by atoms with Gasteiger partial charge in [-0.3, -0.25) is 9.59 Å². The summed E-state index contributed by atoms with van der Waals surface area (Å²) < 4.78 is 11.1. The van der Waals surface area contributed by atoms with E-state index in [1.165, 1.54) is 6.07 Å². The minimum Gasteiger partial charge on any atom is -0.489 e. The number of nitrogens with one attached hydrogen (secondary N) is 2. The fourth-order valence-electron chi connectivity index (χ4n) is 2.19. The zero-order valence-corrected chi connectivity index (χ0v) is 15.1. The van der Waals surface area contributed by atoms with Gasteiger partial charge in [0, 0.05) is 17.5 Å². The van der Waals surface area contributed by atoms with Crippen LogP contribution in [-0.2, 0) is 4.79 Å². The Labute approximate surface area is 146 Å². The molecule has 0 spiro atoms. The van der Waals surface area contributed by atoms with Crippen molar-refractivity contribution in [3.8, 4) is 11.5 Å². The van der Waals surface area contributed by atoms with E-state index in [0.29, 0.717) is 35.3 Å². The highest BCUT2D eigenvalue weighted by Crippen LogP contribution is 2.37. The Morgan fingerprint density at radius 3 is 2.54 bits per heavy atom. The van der Waals surface area contributed by atoms with Gasteiger partial charge >= 0.3 is 0 Å². The Kier molecular flexibility index (Phi) is 5.59. The maximum Gasteiger partial charge on any atom is 0.252 e. The molecule has 0 saturated carbocycles. The molecule has 0 aliphatic carbocycles. The lowest BCUT2D eigenvalue weighted by atomic mass is 10.1. The number of ether oxygens (including phenoxy) is 2. The Morgan fingerprint density at radius 2 is 1.88 bits per heavy atom. The number of hydrogen-bond acceptors (Lipinski definition) is 4. The molecule has 7 heteroatoms. The first-order valence-electron chi connectivity index (χ1n) is 7.89. The van der Waals surface area contributed by atoms with Crippen LogP contribution in [0.3, 0.4) is 0 Å². The monoisotopic (exact) mass is 354 g/mol. The summed E-state index contributed by atoms with van der Waals surface area (Å²) in [5.74, 6) is 0.238. The minimum absolute atomic E-state index is 0.253. The lowest BCUT2D eigenvalue weighted by molar-refractivity contribution is -0.124. The first-order chi connectivity index (χ1) is 11.2. The molecule has 0 unspecified atom stereocenters. The molecule has 24 heavy (non-hydrogen) atoms. The zero-order valence-electron chi connectivity index (χ0n) is 14.4. The van der Waals surface area contributed by atoms with E-state index in [4.69, 9.17) is 21.1 Å². The van der Waals surface area contributed by atoms with Crippen LogP contribution in [0.5, 0.6) is 11.5 Å². The van der Waals surface area contributed by atoms with Crippen LogP contribution in [0.15, 0.2) is 12.1 Å². The summed E-state index contributed by atoms with van der Waals surface area (Å²) in [5, 5.41) is 5.79. The molecular formula is C17H23ClN2O4. The largest absolute Gasteiger partial charge is 0.489 e. The second-order valence-corrected chi connectivity index (χ2v) is 7.18.